The number of aliphatic imine (C=N–C) groups is 1. The summed E-state index contributed by atoms with van der Waals surface area (Å²) < 4.78 is 13.4. The minimum atomic E-state index is -0.505. The van der Waals surface area contributed by atoms with E-state index in [-0.39, 0.29) is 23.9 Å². The Labute approximate surface area is 125 Å². The molecule has 5 nitrogen and oxygen atoms in total. The Kier molecular flexibility index (Phi) is 3.92. The molecule has 1 aromatic rings. The molecule has 1 saturated heterocycles. The van der Waals surface area contributed by atoms with Gasteiger partial charge in [-0.2, -0.15) is 0 Å². The highest BCUT2D eigenvalue weighted by atomic mass is 32.2. The van der Waals surface area contributed by atoms with Crippen molar-refractivity contribution in [1.82, 2.24) is 5.32 Å². The van der Waals surface area contributed by atoms with E-state index < -0.39 is 11.1 Å². The molecule has 1 heterocycles. The maximum Gasteiger partial charge on any atom is 0.240 e. The molecule has 21 heavy (non-hydrogen) atoms. The van der Waals surface area contributed by atoms with E-state index in [0.717, 1.165) is 12.8 Å². The normalized spacial score (nSPS) is 23.2. The number of carbonyl (C=O) groups is 2. The number of carbonyl (C=O) groups excluding carboxylic acids is 2. The Morgan fingerprint density at radius 2 is 2.19 bits per heavy atom. The van der Waals surface area contributed by atoms with E-state index in [2.05, 4.69) is 15.6 Å². The van der Waals surface area contributed by atoms with Gasteiger partial charge in [-0.25, -0.2) is 4.39 Å². The molecule has 2 N–H and O–H groups in total. The van der Waals surface area contributed by atoms with Crippen molar-refractivity contribution in [2.75, 3.05) is 5.32 Å². The average molecular weight is 307 g/mol. The van der Waals surface area contributed by atoms with Crippen molar-refractivity contribution in [2.24, 2.45) is 4.99 Å². The van der Waals surface area contributed by atoms with Crippen LogP contribution in [-0.2, 0) is 9.59 Å². The van der Waals surface area contributed by atoms with E-state index in [4.69, 9.17) is 0 Å². The van der Waals surface area contributed by atoms with E-state index >= 15 is 0 Å². The molecular weight excluding hydrogens is 293 g/mol. The first-order valence-corrected chi connectivity index (χ1v) is 7.59. The van der Waals surface area contributed by atoms with Crippen LogP contribution in [0.15, 0.2) is 29.3 Å². The topological polar surface area (TPSA) is 70.6 Å². The summed E-state index contributed by atoms with van der Waals surface area (Å²) in [5, 5.41) is 5.24. The third-order valence-corrected chi connectivity index (χ3v) is 4.24. The minimum absolute atomic E-state index is 0.00544. The average Bonchev–Trinajstić information content (AvgIpc) is 3.18. The fraction of sp³-hybridized carbons (Fsp3) is 0.357. The minimum Gasteiger partial charge on any atom is -0.324 e. The number of amidine groups is 1. The smallest absolute Gasteiger partial charge is 0.240 e. The lowest BCUT2D eigenvalue weighted by molar-refractivity contribution is -0.122. The quantitative estimate of drug-likeness (QED) is 0.892. The van der Waals surface area contributed by atoms with Crippen molar-refractivity contribution in [3.63, 3.8) is 0 Å². The SMILES string of the molecule is O=C(CC1SC(=NC2CC2)NC1=O)Nc1ccccc1F. The fourth-order valence-corrected chi connectivity index (χ4v) is 2.94. The van der Waals surface area contributed by atoms with E-state index in [0.29, 0.717) is 11.2 Å². The number of amides is 2. The van der Waals surface area contributed by atoms with Crippen LogP contribution in [0, 0.1) is 5.82 Å². The third-order valence-electron chi connectivity index (χ3n) is 3.14. The molecule has 2 amide bonds. The van der Waals surface area contributed by atoms with Gasteiger partial charge in [0, 0.05) is 6.42 Å². The number of hydrogen-bond donors (Lipinski definition) is 2. The summed E-state index contributed by atoms with van der Waals surface area (Å²) in [7, 11) is 0. The lowest BCUT2D eigenvalue weighted by atomic mass is 10.2. The van der Waals surface area contributed by atoms with E-state index in [1.807, 2.05) is 0 Å². The van der Waals surface area contributed by atoms with Gasteiger partial charge in [-0.15, -0.1) is 0 Å². The molecule has 7 heteroatoms. The molecule has 1 aliphatic heterocycles. The van der Waals surface area contributed by atoms with Gasteiger partial charge in [-0.05, 0) is 25.0 Å². The molecule has 1 saturated carbocycles. The number of anilines is 1. The zero-order chi connectivity index (χ0) is 14.8. The first kappa shape index (κ1) is 14.1. The van der Waals surface area contributed by atoms with Crippen molar-refractivity contribution >= 4 is 34.4 Å². The molecule has 2 fully saturated rings. The highest BCUT2D eigenvalue weighted by molar-refractivity contribution is 8.15. The van der Waals surface area contributed by atoms with Gasteiger partial charge in [0.05, 0.1) is 11.7 Å². The molecule has 0 spiro atoms. The number of hydrogen-bond acceptors (Lipinski definition) is 4. The van der Waals surface area contributed by atoms with Crippen LogP contribution < -0.4 is 10.6 Å². The van der Waals surface area contributed by atoms with Crippen LogP contribution in [0.1, 0.15) is 19.3 Å². The maximum atomic E-state index is 13.4. The van der Waals surface area contributed by atoms with Crippen molar-refractivity contribution in [3.05, 3.63) is 30.1 Å². The Morgan fingerprint density at radius 1 is 1.43 bits per heavy atom. The van der Waals surface area contributed by atoms with Gasteiger partial charge in [-0.1, -0.05) is 23.9 Å². The number of nitrogens with one attached hydrogen (secondary N) is 2. The summed E-state index contributed by atoms with van der Waals surface area (Å²) in [4.78, 5) is 28.0. The Bertz CT molecular complexity index is 616. The van der Waals surface area contributed by atoms with E-state index in [1.54, 1.807) is 12.1 Å². The van der Waals surface area contributed by atoms with Gasteiger partial charge in [0.25, 0.3) is 0 Å². The number of nitrogens with zero attached hydrogens (tertiary/aromatic N) is 1. The zero-order valence-corrected chi connectivity index (χ0v) is 12.0. The number of para-hydroxylation sites is 1. The fourth-order valence-electron chi connectivity index (χ4n) is 1.90. The molecule has 0 bridgehead atoms. The van der Waals surface area contributed by atoms with Crippen LogP contribution >= 0.6 is 11.8 Å². The predicted octanol–water partition coefficient (Wildman–Crippen LogP) is 1.90. The molecule has 1 unspecified atom stereocenters. The van der Waals surface area contributed by atoms with Gasteiger partial charge in [0.1, 0.15) is 11.1 Å². The van der Waals surface area contributed by atoms with Crippen molar-refractivity contribution < 1.29 is 14.0 Å². The molecule has 3 rings (SSSR count). The first-order valence-electron chi connectivity index (χ1n) is 6.71. The summed E-state index contributed by atoms with van der Waals surface area (Å²) in [6, 6.07) is 6.25. The monoisotopic (exact) mass is 307 g/mol. The summed E-state index contributed by atoms with van der Waals surface area (Å²) in [6.07, 6.45) is 2.10. The second-order valence-electron chi connectivity index (χ2n) is 4.99. The molecule has 0 aromatic heterocycles. The van der Waals surface area contributed by atoms with Gasteiger partial charge in [-0.3, -0.25) is 14.6 Å². The lowest BCUT2D eigenvalue weighted by Crippen LogP contribution is -2.28. The number of benzene rings is 1. The second kappa shape index (κ2) is 5.85. The summed E-state index contributed by atoms with van der Waals surface area (Å²) in [5.41, 5.74) is 0.123. The Balaban J connectivity index is 1.57. The molecular formula is C14H14FN3O2S. The van der Waals surface area contributed by atoms with E-state index in [1.165, 1.54) is 23.9 Å². The van der Waals surface area contributed by atoms with Crippen LogP contribution in [0.2, 0.25) is 0 Å². The number of rotatable bonds is 4. The van der Waals surface area contributed by atoms with E-state index in [9.17, 15) is 14.0 Å². The summed E-state index contributed by atoms with van der Waals surface area (Å²) >= 11 is 1.26. The molecule has 0 radical (unpaired) electrons. The van der Waals surface area contributed by atoms with Crippen LogP contribution in [0.3, 0.4) is 0 Å². The van der Waals surface area contributed by atoms with Gasteiger partial charge < -0.3 is 10.6 Å². The summed E-state index contributed by atoms with van der Waals surface area (Å²) in [5.74, 6) is -1.10. The third kappa shape index (κ3) is 3.60. The lowest BCUT2D eigenvalue weighted by Gasteiger charge is -2.07. The number of halogens is 1. The van der Waals surface area contributed by atoms with Crippen LogP contribution in [0.4, 0.5) is 10.1 Å². The largest absolute Gasteiger partial charge is 0.324 e. The molecule has 1 aromatic carbocycles. The van der Waals surface area contributed by atoms with Crippen LogP contribution in [0.25, 0.3) is 0 Å². The predicted molar refractivity (Wildman–Crippen MR) is 79.6 cm³/mol. The van der Waals surface area contributed by atoms with Gasteiger partial charge >= 0.3 is 0 Å². The maximum absolute atomic E-state index is 13.4. The first-order chi connectivity index (χ1) is 10.1. The van der Waals surface area contributed by atoms with Crippen molar-refractivity contribution in [3.8, 4) is 0 Å². The highest BCUT2D eigenvalue weighted by Crippen LogP contribution is 2.29. The molecule has 110 valence electrons. The zero-order valence-electron chi connectivity index (χ0n) is 11.1. The molecule has 1 aliphatic carbocycles. The Morgan fingerprint density at radius 3 is 2.90 bits per heavy atom. The highest BCUT2D eigenvalue weighted by Gasteiger charge is 2.33. The molecule has 2 aliphatic rings. The van der Waals surface area contributed by atoms with Crippen molar-refractivity contribution in [2.45, 2.75) is 30.6 Å². The standard InChI is InChI=1S/C14H14FN3O2S/c15-9-3-1-2-4-10(9)17-12(19)7-11-13(20)18-14(21-11)16-8-5-6-8/h1-4,8,11H,5-7H2,(H,17,19)(H,16,18,20). The van der Waals surface area contributed by atoms with Gasteiger partial charge in [0.2, 0.25) is 11.8 Å². The second-order valence-corrected chi connectivity index (χ2v) is 6.18. The Hall–Kier alpha value is -1.89. The summed E-state index contributed by atoms with van der Waals surface area (Å²) in [6.45, 7) is 0. The number of thioether (sulfide) groups is 1. The van der Waals surface area contributed by atoms with Gasteiger partial charge in [0.15, 0.2) is 5.17 Å². The van der Waals surface area contributed by atoms with Crippen LogP contribution in [0.5, 0.6) is 0 Å². The van der Waals surface area contributed by atoms with Crippen LogP contribution in [-0.4, -0.2) is 28.3 Å². The molecule has 1 atom stereocenters. The van der Waals surface area contributed by atoms with Crippen molar-refractivity contribution in [1.29, 1.82) is 0 Å².